The highest BCUT2D eigenvalue weighted by atomic mass is 16.3. The second-order valence-corrected chi connectivity index (χ2v) is 3.95. The van der Waals surface area contributed by atoms with Crippen molar-refractivity contribution in [3.05, 3.63) is 29.7 Å². The maximum Gasteiger partial charge on any atom is 0.192 e. The zero-order chi connectivity index (χ0) is 10.3. The molecule has 0 saturated carbocycles. The van der Waals surface area contributed by atoms with E-state index < -0.39 is 5.60 Å². The Balaban J connectivity index is 2.77. The minimum Gasteiger partial charge on any atom is -0.441 e. The molecule has 0 atom stereocenters. The fraction of sp³-hybridized carbons (Fsp3) is 0.364. The third kappa shape index (κ3) is 1.40. The number of hydrogen-bond donors (Lipinski definition) is 1. The lowest BCUT2D eigenvalue weighted by Gasteiger charge is -2.17. The van der Waals surface area contributed by atoms with Gasteiger partial charge in [0.2, 0.25) is 0 Å². The van der Waals surface area contributed by atoms with Gasteiger partial charge in [-0.3, -0.25) is 0 Å². The van der Waals surface area contributed by atoms with Crippen LogP contribution in [0.4, 0.5) is 0 Å². The lowest BCUT2D eigenvalue weighted by molar-refractivity contribution is 0.0791. The first-order chi connectivity index (χ1) is 6.48. The molecule has 1 N–H and O–H groups in total. The summed E-state index contributed by atoms with van der Waals surface area (Å²) in [7, 11) is 0. The summed E-state index contributed by atoms with van der Waals surface area (Å²) in [4.78, 5) is 4.21. The minimum absolute atomic E-state index is 0.622. The average Bonchev–Trinajstić information content (AvgIpc) is 2.41. The van der Waals surface area contributed by atoms with Gasteiger partial charge in [0.05, 0.1) is 5.60 Å². The number of para-hydroxylation sites is 1. The predicted molar refractivity (Wildman–Crippen MR) is 54.0 cm³/mol. The largest absolute Gasteiger partial charge is 0.441 e. The van der Waals surface area contributed by atoms with Crippen LogP contribution in [0.25, 0.3) is 11.1 Å². The quantitative estimate of drug-likeness (QED) is 0.752. The van der Waals surface area contributed by atoms with Crippen LogP contribution in [0.3, 0.4) is 0 Å². The highest BCUT2D eigenvalue weighted by Gasteiger charge is 2.21. The van der Waals surface area contributed by atoms with Crippen LogP contribution in [-0.4, -0.2) is 10.1 Å². The molecular formula is C11H13NO2. The van der Waals surface area contributed by atoms with Gasteiger partial charge in [0, 0.05) is 12.5 Å². The van der Waals surface area contributed by atoms with Crippen molar-refractivity contribution in [1.29, 1.82) is 0 Å². The molecule has 0 saturated heterocycles. The lowest BCUT2D eigenvalue weighted by Crippen LogP contribution is -2.15. The molecule has 74 valence electrons. The topological polar surface area (TPSA) is 46.3 Å². The average molecular weight is 191 g/mol. The normalized spacial score (nSPS) is 12.3. The number of aliphatic hydroxyl groups is 1. The smallest absolute Gasteiger partial charge is 0.192 e. The minimum atomic E-state index is -0.897. The number of aromatic nitrogens is 1. The zero-order valence-corrected chi connectivity index (χ0v) is 8.53. The first kappa shape index (κ1) is 9.21. The van der Waals surface area contributed by atoms with Gasteiger partial charge in [0.15, 0.2) is 11.5 Å². The molecule has 14 heavy (non-hydrogen) atoms. The maximum absolute atomic E-state index is 9.91. The molecule has 0 bridgehead atoms. The summed E-state index contributed by atoms with van der Waals surface area (Å²) in [5, 5.41) is 9.91. The second-order valence-electron chi connectivity index (χ2n) is 3.95. The van der Waals surface area contributed by atoms with E-state index in [1.165, 1.54) is 0 Å². The van der Waals surface area contributed by atoms with E-state index in [0.717, 1.165) is 11.1 Å². The number of nitrogens with zero attached hydrogens (tertiary/aromatic N) is 1. The molecule has 0 unspecified atom stereocenters. The van der Waals surface area contributed by atoms with Gasteiger partial charge in [-0.05, 0) is 19.9 Å². The van der Waals surface area contributed by atoms with Crippen LogP contribution in [0.1, 0.15) is 25.3 Å². The van der Waals surface area contributed by atoms with Gasteiger partial charge >= 0.3 is 0 Å². The van der Waals surface area contributed by atoms with Crippen molar-refractivity contribution in [1.82, 2.24) is 4.98 Å². The van der Waals surface area contributed by atoms with Crippen molar-refractivity contribution in [2.75, 3.05) is 0 Å². The van der Waals surface area contributed by atoms with Crippen molar-refractivity contribution in [3.8, 4) is 0 Å². The molecule has 0 aliphatic heterocycles. The van der Waals surface area contributed by atoms with Gasteiger partial charge in [-0.25, -0.2) is 4.98 Å². The molecule has 0 fully saturated rings. The summed E-state index contributed by atoms with van der Waals surface area (Å²) in [6.07, 6.45) is 0. The van der Waals surface area contributed by atoms with Crippen LogP contribution in [-0.2, 0) is 5.60 Å². The summed E-state index contributed by atoms with van der Waals surface area (Å²) in [5.74, 6) is 0.622. The number of oxazole rings is 1. The summed E-state index contributed by atoms with van der Waals surface area (Å²) in [6, 6.07) is 5.60. The van der Waals surface area contributed by atoms with Gasteiger partial charge in [0.1, 0.15) is 5.52 Å². The Bertz CT molecular complexity index is 466. The Morgan fingerprint density at radius 2 is 2.07 bits per heavy atom. The van der Waals surface area contributed by atoms with Crippen LogP contribution < -0.4 is 0 Å². The third-order valence-corrected chi connectivity index (χ3v) is 2.18. The SMILES string of the molecule is Cc1nc2cccc(C(C)(C)O)c2o1. The van der Waals surface area contributed by atoms with Gasteiger partial charge in [0.25, 0.3) is 0 Å². The fourth-order valence-electron chi connectivity index (χ4n) is 1.54. The Morgan fingerprint density at radius 3 is 2.71 bits per heavy atom. The van der Waals surface area contributed by atoms with Crippen molar-refractivity contribution >= 4 is 11.1 Å². The molecule has 1 heterocycles. The highest BCUT2D eigenvalue weighted by Crippen LogP contribution is 2.28. The molecule has 2 rings (SSSR count). The van der Waals surface area contributed by atoms with E-state index in [1.54, 1.807) is 20.8 Å². The van der Waals surface area contributed by atoms with Gasteiger partial charge in [-0.15, -0.1) is 0 Å². The first-order valence-corrected chi connectivity index (χ1v) is 4.57. The number of benzene rings is 1. The zero-order valence-electron chi connectivity index (χ0n) is 8.53. The lowest BCUT2D eigenvalue weighted by atomic mass is 9.98. The molecule has 3 nitrogen and oxygen atoms in total. The third-order valence-electron chi connectivity index (χ3n) is 2.18. The number of fused-ring (bicyclic) bond motifs is 1. The number of hydrogen-bond acceptors (Lipinski definition) is 3. The molecule has 0 aliphatic rings. The number of rotatable bonds is 1. The highest BCUT2D eigenvalue weighted by molar-refractivity contribution is 5.77. The summed E-state index contributed by atoms with van der Waals surface area (Å²) < 4.78 is 5.45. The summed E-state index contributed by atoms with van der Waals surface area (Å²) in [6.45, 7) is 5.27. The molecule has 1 aromatic heterocycles. The molecule has 3 heteroatoms. The molecular weight excluding hydrogens is 178 g/mol. The molecule has 0 amide bonds. The van der Waals surface area contributed by atoms with Crippen molar-refractivity contribution in [3.63, 3.8) is 0 Å². The molecule has 1 aromatic carbocycles. The van der Waals surface area contributed by atoms with E-state index >= 15 is 0 Å². The van der Waals surface area contributed by atoms with Crippen LogP contribution in [0.5, 0.6) is 0 Å². The predicted octanol–water partition coefficient (Wildman–Crippen LogP) is 2.36. The Labute approximate surface area is 82.4 Å². The summed E-state index contributed by atoms with van der Waals surface area (Å²) >= 11 is 0. The van der Waals surface area contributed by atoms with Crippen LogP contribution in [0.15, 0.2) is 22.6 Å². The number of aryl methyl sites for hydroxylation is 1. The molecule has 0 spiro atoms. The molecule has 0 aliphatic carbocycles. The monoisotopic (exact) mass is 191 g/mol. The van der Waals surface area contributed by atoms with Crippen LogP contribution >= 0.6 is 0 Å². The van der Waals surface area contributed by atoms with E-state index in [0.29, 0.717) is 11.5 Å². The van der Waals surface area contributed by atoms with Crippen molar-refractivity contribution in [2.24, 2.45) is 0 Å². The maximum atomic E-state index is 9.91. The standard InChI is InChI=1S/C11H13NO2/c1-7-12-9-6-4-5-8(10(9)14-7)11(2,3)13/h4-6,13H,1-3H3. The Morgan fingerprint density at radius 1 is 1.36 bits per heavy atom. The van der Waals surface area contributed by atoms with Gasteiger partial charge < -0.3 is 9.52 Å². The fourth-order valence-corrected chi connectivity index (χ4v) is 1.54. The summed E-state index contributed by atoms with van der Waals surface area (Å²) in [5.41, 5.74) is 1.35. The van der Waals surface area contributed by atoms with E-state index in [2.05, 4.69) is 4.98 Å². The van der Waals surface area contributed by atoms with E-state index in [9.17, 15) is 5.11 Å². The first-order valence-electron chi connectivity index (χ1n) is 4.57. The van der Waals surface area contributed by atoms with Crippen LogP contribution in [0, 0.1) is 6.92 Å². The molecule has 2 aromatic rings. The molecule has 0 radical (unpaired) electrons. The second kappa shape index (κ2) is 2.82. The van der Waals surface area contributed by atoms with Gasteiger partial charge in [-0.1, -0.05) is 12.1 Å². The van der Waals surface area contributed by atoms with E-state index in [-0.39, 0.29) is 0 Å². The van der Waals surface area contributed by atoms with Crippen molar-refractivity contribution in [2.45, 2.75) is 26.4 Å². The van der Waals surface area contributed by atoms with E-state index in [4.69, 9.17) is 4.42 Å². The van der Waals surface area contributed by atoms with Gasteiger partial charge in [-0.2, -0.15) is 0 Å². The Kier molecular flexibility index (Phi) is 1.86. The van der Waals surface area contributed by atoms with Crippen molar-refractivity contribution < 1.29 is 9.52 Å². The van der Waals surface area contributed by atoms with E-state index in [1.807, 2.05) is 18.2 Å². The Hall–Kier alpha value is -1.35. The van der Waals surface area contributed by atoms with Crippen LogP contribution in [0.2, 0.25) is 0 Å².